The molecule has 0 saturated heterocycles. The van der Waals surface area contributed by atoms with Crippen LogP contribution in [-0.2, 0) is 14.4 Å². The summed E-state index contributed by atoms with van der Waals surface area (Å²) < 4.78 is 25.2. The Hall–Kier alpha value is -0.390. The van der Waals surface area contributed by atoms with Crippen LogP contribution in [0.4, 0.5) is 0 Å². The van der Waals surface area contributed by atoms with Crippen molar-refractivity contribution in [2.24, 2.45) is 5.90 Å². The lowest BCUT2D eigenvalue weighted by molar-refractivity contribution is 0.335. The molecule has 0 aromatic rings. The van der Waals surface area contributed by atoms with Gasteiger partial charge in [0.05, 0.1) is 5.75 Å². The van der Waals surface area contributed by atoms with Crippen LogP contribution >= 0.6 is 0 Å². The quantitative estimate of drug-likeness (QED) is 0.388. The van der Waals surface area contributed by atoms with Gasteiger partial charge in [-0.2, -0.15) is 18.6 Å². The predicted molar refractivity (Wildman–Crippen MR) is 52.3 cm³/mol. The van der Waals surface area contributed by atoms with Gasteiger partial charge in [0.25, 0.3) is 10.1 Å². The van der Waals surface area contributed by atoms with Crippen molar-refractivity contribution in [3.05, 3.63) is 12.2 Å². The van der Waals surface area contributed by atoms with Gasteiger partial charge in [-0.05, 0) is 12.8 Å². The molecule has 0 unspecified atom stereocenters. The van der Waals surface area contributed by atoms with Crippen LogP contribution in [0.25, 0.3) is 0 Å². The summed E-state index contributed by atoms with van der Waals surface area (Å²) in [5.74, 6) is 4.40. The van der Waals surface area contributed by atoms with E-state index in [1.54, 1.807) is 6.08 Å². The molecule has 0 aliphatic rings. The largest absolute Gasteiger partial charge is 0.286 e. The molecule has 0 amide bonds. The smallest absolute Gasteiger partial charge is 0.198 e. The molecule has 0 saturated carbocycles. The maximum absolute atomic E-state index is 10.7. The Labute approximate surface area is 79.8 Å². The lowest BCUT2D eigenvalue weighted by Crippen LogP contribution is -2.13. The van der Waals surface area contributed by atoms with Gasteiger partial charge in [-0.1, -0.05) is 31.9 Å². The van der Waals surface area contributed by atoms with E-state index in [1.165, 1.54) is 6.42 Å². The van der Waals surface area contributed by atoms with Gasteiger partial charge in [-0.3, -0.25) is 0 Å². The van der Waals surface area contributed by atoms with Crippen molar-refractivity contribution in [2.75, 3.05) is 5.75 Å². The molecule has 13 heavy (non-hydrogen) atoms. The third kappa shape index (κ3) is 7.95. The van der Waals surface area contributed by atoms with Gasteiger partial charge in [-0.15, -0.1) is 0 Å². The normalized spacial score (nSPS) is 12.5. The Morgan fingerprint density at radius 2 is 2.00 bits per heavy atom. The summed E-state index contributed by atoms with van der Waals surface area (Å²) in [6.45, 7) is 2.12. The SMILES string of the molecule is CCCCCC=CCS(=O)(=O)ON. The molecule has 0 radical (unpaired) electrons. The summed E-state index contributed by atoms with van der Waals surface area (Å²) in [6, 6.07) is 0. The first-order chi connectivity index (χ1) is 6.12. The van der Waals surface area contributed by atoms with Crippen LogP contribution in [-0.4, -0.2) is 14.2 Å². The van der Waals surface area contributed by atoms with Crippen molar-refractivity contribution in [2.45, 2.75) is 32.6 Å². The number of unbranched alkanes of at least 4 members (excludes halogenated alkanes) is 3. The van der Waals surface area contributed by atoms with E-state index in [4.69, 9.17) is 0 Å². The van der Waals surface area contributed by atoms with Crippen molar-refractivity contribution in [3.63, 3.8) is 0 Å². The first-order valence-electron chi connectivity index (χ1n) is 4.38. The molecule has 0 aromatic heterocycles. The van der Waals surface area contributed by atoms with Crippen LogP contribution in [0.1, 0.15) is 32.6 Å². The molecule has 0 bridgehead atoms. The van der Waals surface area contributed by atoms with E-state index in [-0.39, 0.29) is 5.75 Å². The fourth-order valence-corrected chi connectivity index (χ4v) is 1.31. The predicted octanol–water partition coefficient (Wildman–Crippen LogP) is 1.34. The standard InChI is InChI=1S/C8H17NO3S/c1-2-3-4-5-6-7-8-13(10,11)12-9/h6-7H,2-5,8-9H2,1H3. The van der Waals surface area contributed by atoms with E-state index >= 15 is 0 Å². The Balaban J connectivity index is 3.53. The summed E-state index contributed by atoms with van der Waals surface area (Å²) in [7, 11) is -3.52. The summed E-state index contributed by atoms with van der Waals surface area (Å²) in [5, 5.41) is 0. The van der Waals surface area contributed by atoms with E-state index in [0.717, 1.165) is 19.3 Å². The molecule has 2 N–H and O–H groups in total. The highest BCUT2D eigenvalue weighted by Crippen LogP contribution is 2.00. The number of allylic oxidation sites excluding steroid dienone is 1. The van der Waals surface area contributed by atoms with Gasteiger partial charge in [0.15, 0.2) is 0 Å². The van der Waals surface area contributed by atoms with E-state index in [9.17, 15) is 8.42 Å². The van der Waals surface area contributed by atoms with E-state index in [2.05, 4.69) is 17.1 Å². The molecule has 4 nitrogen and oxygen atoms in total. The van der Waals surface area contributed by atoms with E-state index in [0.29, 0.717) is 0 Å². The number of hydrogen-bond donors (Lipinski definition) is 1. The fourth-order valence-electron chi connectivity index (χ4n) is 0.855. The van der Waals surface area contributed by atoms with Crippen molar-refractivity contribution in [1.82, 2.24) is 0 Å². The van der Waals surface area contributed by atoms with Gasteiger partial charge >= 0.3 is 0 Å². The molecule has 5 heteroatoms. The highest BCUT2D eigenvalue weighted by atomic mass is 32.2. The van der Waals surface area contributed by atoms with E-state index < -0.39 is 10.1 Å². The highest BCUT2D eigenvalue weighted by molar-refractivity contribution is 7.86. The Bertz CT molecular complexity index is 234. The van der Waals surface area contributed by atoms with Gasteiger partial charge in [0.2, 0.25) is 0 Å². The van der Waals surface area contributed by atoms with Gasteiger partial charge < -0.3 is 0 Å². The molecule has 0 aliphatic carbocycles. The molecule has 78 valence electrons. The lowest BCUT2D eigenvalue weighted by atomic mass is 10.2. The maximum atomic E-state index is 10.7. The lowest BCUT2D eigenvalue weighted by Gasteiger charge is -1.94. The molecule has 0 fully saturated rings. The number of hydrogen-bond acceptors (Lipinski definition) is 4. The summed E-state index contributed by atoms with van der Waals surface area (Å²) in [5.41, 5.74) is 0. The van der Waals surface area contributed by atoms with Gasteiger partial charge in [-0.25, -0.2) is 0 Å². The second kappa shape index (κ2) is 7.06. The first kappa shape index (κ1) is 12.6. The monoisotopic (exact) mass is 207 g/mol. The van der Waals surface area contributed by atoms with Crippen molar-refractivity contribution >= 4 is 10.1 Å². The first-order valence-corrected chi connectivity index (χ1v) is 5.96. The maximum Gasteiger partial charge on any atom is 0.286 e. The van der Waals surface area contributed by atoms with Crippen LogP contribution in [0.3, 0.4) is 0 Å². The van der Waals surface area contributed by atoms with Crippen molar-refractivity contribution in [3.8, 4) is 0 Å². The molecule has 0 heterocycles. The molecular formula is C8H17NO3S. The average Bonchev–Trinajstić information content (AvgIpc) is 2.11. The van der Waals surface area contributed by atoms with E-state index in [1.807, 2.05) is 6.08 Å². The fraction of sp³-hybridized carbons (Fsp3) is 0.750. The van der Waals surface area contributed by atoms with Crippen LogP contribution in [0, 0.1) is 0 Å². The number of rotatable bonds is 7. The zero-order valence-electron chi connectivity index (χ0n) is 7.90. The molecule has 0 atom stereocenters. The Morgan fingerprint density at radius 1 is 1.31 bits per heavy atom. The minimum absolute atomic E-state index is 0.143. The molecule has 0 spiro atoms. The van der Waals surface area contributed by atoms with Crippen LogP contribution < -0.4 is 5.90 Å². The summed E-state index contributed by atoms with van der Waals surface area (Å²) in [6.07, 6.45) is 7.75. The van der Waals surface area contributed by atoms with Crippen molar-refractivity contribution in [1.29, 1.82) is 0 Å². The van der Waals surface area contributed by atoms with Gasteiger partial charge in [0, 0.05) is 0 Å². The third-order valence-corrected chi connectivity index (χ3v) is 2.48. The zero-order chi connectivity index (χ0) is 10.2. The van der Waals surface area contributed by atoms with Crippen molar-refractivity contribution < 1.29 is 12.7 Å². The minimum atomic E-state index is -3.52. The topological polar surface area (TPSA) is 69.4 Å². The zero-order valence-corrected chi connectivity index (χ0v) is 8.72. The summed E-state index contributed by atoms with van der Waals surface area (Å²) >= 11 is 0. The molecular weight excluding hydrogens is 190 g/mol. The van der Waals surface area contributed by atoms with Crippen LogP contribution in [0.15, 0.2) is 12.2 Å². The minimum Gasteiger partial charge on any atom is -0.198 e. The Kier molecular flexibility index (Phi) is 6.84. The van der Waals surface area contributed by atoms with Gasteiger partial charge in [0.1, 0.15) is 0 Å². The number of nitrogens with two attached hydrogens (primary N) is 1. The van der Waals surface area contributed by atoms with Crippen LogP contribution in [0.5, 0.6) is 0 Å². The molecule has 0 aromatic carbocycles. The third-order valence-electron chi connectivity index (χ3n) is 1.59. The van der Waals surface area contributed by atoms with Crippen LogP contribution in [0.2, 0.25) is 0 Å². The second-order valence-corrected chi connectivity index (χ2v) is 4.43. The average molecular weight is 207 g/mol. The highest BCUT2D eigenvalue weighted by Gasteiger charge is 2.04. The summed E-state index contributed by atoms with van der Waals surface area (Å²) in [4.78, 5) is 0. The Morgan fingerprint density at radius 3 is 2.54 bits per heavy atom. The molecule has 0 rings (SSSR count). The molecule has 0 aliphatic heterocycles. The second-order valence-electron chi connectivity index (χ2n) is 2.79.